The van der Waals surface area contributed by atoms with E-state index < -0.39 is 9.84 Å². The lowest BCUT2D eigenvalue weighted by molar-refractivity contribution is 0.601. The van der Waals surface area contributed by atoms with Crippen LogP contribution >= 0.6 is 12.6 Å². The quantitative estimate of drug-likeness (QED) is 0.740. The molecule has 0 saturated carbocycles. The van der Waals surface area contributed by atoms with Gasteiger partial charge in [0.1, 0.15) is 0 Å². The van der Waals surface area contributed by atoms with Gasteiger partial charge in [-0.1, -0.05) is 12.1 Å². The minimum atomic E-state index is -3.16. The molecule has 0 aromatic heterocycles. The number of sulfone groups is 1. The second-order valence-corrected chi connectivity index (χ2v) is 5.29. The van der Waals surface area contributed by atoms with Crippen molar-refractivity contribution in [3.63, 3.8) is 0 Å². The second kappa shape index (κ2) is 3.49. The van der Waals surface area contributed by atoms with E-state index in [0.29, 0.717) is 4.90 Å². The van der Waals surface area contributed by atoms with Crippen molar-refractivity contribution in [1.29, 1.82) is 0 Å². The van der Waals surface area contributed by atoms with E-state index in [0.717, 1.165) is 5.56 Å². The summed E-state index contributed by atoms with van der Waals surface area (Å²) in [5.74, 6) is 0. The van der Waals surface area contributed by atoms with Crippen LogP contribution in [0.25, 0.3) is 0 Å². The lowest BCUT2D eigenvalue weighted by atomic mass is 10.2. The molecule has 0 aliphatic heterocycles. The Labute approximate surface area is 77.9 Å². The SMILES string of the molecule is Cc1cccc(S(=O)(=O)CS)c1. The summed E-state index contributed by atoms with van der Waals surface area (Å²) in [7, 11) is -3.16. The molecule has 1 aromatic rings. The van der Waals surface area contributed by atoms with Crippen LogP contribution in [0, 0.1) is 6.92 Å². The summed E-state index contributed by atoms with van der Waals surface area (Å²) in [5.41, 5.74) is 0.942. The molecule has 0 aliphatic carbocycles. The molecule has 4 heteroatoms. The third-order valence-electron chi connectivity index (χ3n) is 1.52. The molecular formula is C8H10O2S2. The zero-order chi connectivity index (χ0) is 9.19. The monoisotopic (exact) mass is 202 g/mol. The summed E-state index contributed by atoms with van der Waals surface area (Å²) in [5, 5.41) is -0.142. The first kappa shape index (κ1) is 9.61. The largest absolute Gasteiger partial charge is 0.223 e. The Bertz CT molecular complexity index is 368. The molecule has 1 rings (SSSR count). The van der Waals surface area contributed by atoms with Gasteiger partial charge in [0.05, 0.1) is 9.98 Å². The number of hydrogen-bond acceptors (Lipinski definition) is 3. The van der Waals surface area contributed by atoms with Crippen LogP contribution < -0.4 is 0 Å². The third-order valence-corrected chi connectivity index (χ3v) is 3.85. The van der Waals surface area contributed by atoms with Gasteiger partial charge in [-0.25, -0.2) is 8.42 Å². The number of hydrogen-bond donors (Lipinski definition) is 1. The van der Waals surface area contributed by atoms with Crippen LogP contribution in [0.5, 0.6) is 0 Å². The fourth-order valence-corrected chi connectivity index (χ4v) is 2.13. The van der Waals surface area contributed by atoms with Gasteiger partial charge in [0.15, 0.2) is 9.84 Å². The van der Waals surface area contributed by atoms with Crippen LogP contribution in [0.3, 0.4) is 0 Å². The van der Waals surface area contributed by atoms with E-state index in [1.54, 1.807) is 18.2 Å². The fourth-order valence-electron chi connectivity index (χ4n) is 0.883. The second-order valence-electron chi connectivity index (χ2n) is 2.56. The molecule has 66 valence electrons. The average Bonchev–Trinajstić information content (AvgIpc) is 2.05. The van der Waals surface area contributed by atoms with Gasteiger partial charge >= 0.3 is 0 Å². The van der Waals surface area contributed by atoms with Gasteiger partial charge in [0, 0.05) is 0 Å². The third kappa shape index (κ3) is 2.01. The first-order valence-corrected chi connectivity index (χ1v) is 5.75. The van der Waals surface area contributed by atoms with Gasteiger partial charge in [0.25, 0.3) is 0 Å². The smallest absolute Gasteiger partial charge is 0.187 e. The van der Waals surface area contributed by atoms with E-state index in [1.165, 1.54) is 0 Å². The standard InChI is InChI=1S/C8H10O2S2/c1-7-3-2-4-8(5-7)12(9,10)6-11/h2-5,11H,6H2,1H3. The summed E-state index contributed by atoms with van der Waals surface area (Å²) in [6.45, 7) is 1.86. The molecule has 0 N–H and O–H groups in total. The molecule has 0 bridgehead atoms. The van der Waals surface area contributed by atoms with Crippen LogP contribution in [0.1, 0.15) is 5.56 Å². The van der Waals surface area contributed by atoms with Gasteiger partial charge in [0.2, 0.25) is 0 Å². The van der Waals surface area contributed by atoms with Crippen molar-refractivity contribution in [2.24, 2.45) is 0 Å². The zero-order valence-corrected chi connectivity index (χ0v) is 8.40. The molecule has 0 saturated heterocycles. The van der Waals surface area contributed by atoms with Crippen molar-refractivity contribution in [2.45, 2.75) is 11.8 Å². The Morgan fingerprint density at radius 1 is 1.42 bits per heavy atom. The summed E-state index contributed by atoms with van der Waals surface area (Å²) < 4.78 is 22.6. The van der Waals surface area contributed by atoms with Crippen LogP contribution in [0.2, 0.25) is 0 Å². The molecule has 0 atom stereocenters. The molecule has 1 aromatic carbocycles. The normalized spacial score (nSPS) is 11.5. The van der Waals surface area contributed by atoms with E-state index in [-0.39, 0.29) is 5.08 Å². The van der Waals surface area contributed by atoms with Gasteiger partial charge in [-0.15, -0.1) is 0 Å². The summed E-state index contributed by atoms with van der Waals surface area (Å²) >= 11 is 3.76. The summed E-state index contributed by atoms with van der Waals surface area (Å²) in [6.07, 6.45) is 0. The lowest BCUT2D eigenvalue weighted by Crippen LogP contribution is -2.01. The Hall–Kier alpha value is -0.480. The van der Waals surface area contributed by atoms with Crippen LogP contribution in [0.15, 0.2) is 29.2 Å². The Morgan fingerprint density at radius 2 is 2.08 bits per heavy atom. The molecule has 0 aliphatic rings. The zero-order valence-electron chi connectivity index (χ0n) is 6.69. The Balaban J connectivity index is 3.21. The first-order valence-electron chi connectivity index (χ1n) is 3.46. The molecule has 0 radical (unpaired) electrons. The number of aryl methyl sites for hydroxylation is 1. The molecule has 12 heavy (non-hydrogen) atoms. The highest BCUT2D eigenvalue weighted by Crippen LogP contribution is 2.13. The van der Waals surface area contributed by atoms with Crippen molar-refractivity contribution in [3.8, 4) is 0 Å². The minimum Gasteiger partial charge on any atom is -0.223 e. The predicted molar refractivity (Wildman–Crippen MR) is 52.2 cm³/mol. The first-order chi connectivity index (χ1) is 5.56. The molecule has 0 heterocycles. The maximum absolute atomic E-state index is 11.3. The number of benzene rings is 1. The topological polar surface area (TPSA) is 34.1 Å². The predicted octanol–water partition coefficient (Wildman–Crippen LogP) is 1.66. The van der Waals surface area contributed by atoms with E-state index in [4.69, 9.17) is 0 Å². The van der Waals surface area contributed by atoms with Gasteiger partial charge in [-0.05, 0) is 24.6 Å². The lowest BCUT2D eigenvalue weighted by Gasteiger charge is -2.00. The number of rotatable bonds is 2. The minimum absolute atomic E-state index is 0.142. The molecule has 0 amide bonds. The molecule has 0 spiro atoms. The van der Waals surface area contributed by atoms with Gasteiger partial charge < -0.3 is 0 Å². The maximum atomic E-state index is 11.3. The number of thiol groups is 1. The van der Waals surface area contributed by atoms with Crippen LogP contribution in [0.4, 0.5) is 0 Å². The van der Waals surface area contributed by atoms with Crippen molar-refractivity contribution in [3.05, 3.63) is 29.8 Å². The average molecular weight is 202 g/mol. The fraction of sp³-hybridized carbons (Fsp3) is 0.250. The maximum Gasteiger partial charge on any atom is 0.187 e. The summed E-state index contributed by atoms with van der Waals surface area (Å²) in [6, 6.07) is 6.81. The molecule has 2 nitrogen and oxygen atoms in total. The van der Waals surface area contributed by atoms with Crippen LogP contribution in [-0.2, 0) is 9.84 Å². The Morgan fingerprint density at radius 3 is 2.58 bits per heavy atom. The molecular weight excluding hydrogens is 192 g/mol. The van der Waals surface area contributed by atoms with Crippen molar-refractivity contribution >= 4 is 22.5 Å². The van der Waals surface area contributed by atoms with Gasteiger partial charge in [-0.3, -0.25) is 0 Å². The Kier molecular flexibility index (Phi) is 2.80. The van der Waals surface area contributed by atoms with Crippen molar-refractivity contribution in [2.75, 3.05) is 5.08 Å². The highest BCUT2D eigenvalue weighted by molar-refractivity contribution is 8.03. The molecule has 0 fully saturated rings. The summed E-state index contributed by atoms with van der Waals surface area (Å²) in [4.78, 5) is 0.345. The van der Waals surface area contributed by atoms with E-state index in [2.05, 4.69) is 12.6 Å². The van der Waals surface area contributed by atoms with Gasteiger partial charge in [-0.2, -0.15) is 12.6 Å². The highest BCUT2D eigenvalue weighted by Gasteiger charge is 2.10. The molecule has 0 unspecified atom stereocenters. The highest BCUT2D eigenvalue weighted by atomic mass is 32.2. The van der Waals surface area contributed by atoms with Crippen molar-refractivity contribution in [1.82, 2.24) is 0 Å². The van der Waals surface area contributed by atoms with E-state index in [1.807, 2.05) is 13.0 Å². The van der Waals surface area contributed by atoms with E-state index in [9.17, 15) is 8.42 Å². The van der Waals surface area contributed by atoms with Crippen molar-refractivity contribution < 1.29 is 8.42 Å². The van der Waals surface area contributed by atoms with E-state index >= 15 is 0 Å². The van der Waals surface area contributed by atoms with Crippen LogP contribution in [-0.4, -0.2) is 13.5 Å².